The van der Waals surface area contributed by atoms with E-state index in [-0.39, 0.29) is 16.5 Å². The summed E-state index contributed by atoms with van der Waals surface area (Å²) in [7, 11) is 0. The third kappa shape index (κ3) is 5.99. The number of hydrogen-bond acceptors (Lipinski definition) is 2. The van der Waals surface area contributed by atoms with E-state index in [4.69, 9.17) is 5.11 Å². The Morgan fingerprint density at radius 1 is 0.875 bits per heavy atom. The minimum atomic E-state index is -1.20. The van der Waals surface area contributed by atoms with Crippen molar-refractivity contribution in [2.75, 3.05) is 0 Å². The molecule has 0 saturated carbocycles. The summed E-state index contributed by atoms with van der Waals surface area (Å²) < 4.78 is 0. The Kier molecular flexibility index (Phi) is 7.96. The van der Waals surface area contributed by atoms with E-state index in [0.717, 1.165) is 18.4 Å². The molecule has 0 aromatic heterocycles. The van der Waals surface area contributed by atoms with Gasteiger partial charge in [0.05, 0.1) is 11.1 Å². The summed E-state index contributed by atoms with van der Waals surface area (Å²) in [5.74, 6) is -2.40. The number of unbranched alkanes of at least 4 members (excludes halogenated alkanes) is 6. The predicted molar refractivity (Wildman–Crippen MR) is 96.0 cm³/mol. The number of aromatic carboxylic acids is 2. The van der Waals surface area contributed by atoms with Gasteiger partial charge in [-0.25, -0.2) is 9.59 Å². The van der Waals surface area contributed by atoms with E-state index in [1.54, 1.807) is 6.07 Å². The number of benzene rings is 1. The molecule has 0 aliphatic heterocycles. The third-order valence-corrected chi connectivity index (χ3v) is 4.67. The Bertz CT molecular complexity index is 561. The first kappa shape index (κ1) is 20.2. The lowest BCUT2D eigenvalue weighted by Crippen LogP contribution is -2.19. The molecule has 1 rings (SSSR count). The standard InChI is InChI=1S/C20H30O4/c1-4-5-6-7-8-9-10-13-20(2,3)15-11-12-16(18(21)22)17(14-15)19(23)24/h11-12,14H,4-10,13H2,1-3H3,(H,21,22)(H,23,24). The van der Waals surface area contributed by atoms with E-state index in [1.807, 2.05) is 0 Å². The molecule has 1 aromatic carbocycles. The van der Waals surface area contributed by atoms with E-state index >= 15 is 0 Å². The van der Waals surface area contributed by atoms with Gasteiger partial charge in [0.2, 0.25) is 0 Å². The molecule has 0 fully saturated rings. The van der Waals surface area contributed by atoms with E-state index in [0.29, 0.717) is 0 Å². The van der Waals surface area contributed by atoms with E-state index < -0.39 is 11.9 Å². The van der Waals surface area contributed by atoms with Gasteiger partial charge in [0.25, 0.3) is 0 Å². The Morgan fingerprint density at radius 3 is 1.96 bits per heavy atom. The van der Waals surface area contributed by atoms with Crippen molar-refractivity contribution < 1.29 is 19.8 Å². The highest BCUT2D eigenvalue weighted by Gasteiger charge is 2.24. The number of carboxylic acids is 2. The SMILES string of the molecule is CCCCCCCCCC(C)(C)c1ccc(C(=O)O)c(C(=O)O)c1. The zero-order valence-electron chi connectivity index (χ0n) is 15.1. The molecule has 134 valence electrons. The van der Waals surface area contributed by atoms with Crippen LogP contribution in [-0.2, 0) is 5.41 Å². The van der Waals surface area contributed by atoms with Gasteiger partial charge in [-0.15, -0.1) is 0 Å². The first-order chi connectivity index (χ1) is 11.3. The monoisotopic (exact) mass is 334 g/mol. The first-order valence-electron chi connectivity index (χ1n) is 8.90. The van der Waals surface area contributed by atoms with Crippen LogP contribution >= 0.6 is 0 Å². The van der Waals surface area contributed by atoms with Crippen LogP contribution in [0.5, 0.6) is 0 Å². The minimum Gasteiger partial charge on any atom is -0.478 e. The van der Waals surface area contributed by atoms with Crippen LogP contribution in [0.1, 0.15) is 98.4 Å². The molecule has 0 saturated heterocycles. The quantitative estimate of drug-likeness (QED) is 0.524. The number of carboxylic acid groups (broad SMARTS) is 2. The number of rotatable bonds is 11. The molecule has 2 N–H and O–H groups in total. The molecular formula is C20H30O4. The van der Waals surface area contributed by atoms with Gasteiger partial charge in [0.15, 0.2) is 0 Å². The van der Waals surface area contributed by atoms with E-state index in [9.17, 15) is 14.7 Å². The molecule has 0 spiro atoms. The molecule has 0 bridgehead atoms. The van der Waals surface area contributed by atoms with Crippen molar-refractivity contribution in [1.82, 2.24) is 0 Å². The summed E-state index contributed by atoms with van der Waals surface area (Å²) in [6, 6.07) is 4.68. The highest BCUT2D eigenvalue weighted by molar-refractivity contribution is 6.01. The second-order valence-corrected chi connectivity index (χ2v) is 7.13. The molecular weight excluding hydrogens is 304 g/mol. The van der Waals surface area contributed by atoms with Crippen molar-refractivity contribution in [3.05, 3.63) is 34.9 Å². The average molecular weight is 334 g/mol. The largest absolute Gasteiger partial charge is 0.478 e. The molecule has 4 nitrogen and oxygen atoms in total. The highest BCUT2D eigenvalue weighted by atomic mass is 16.4. The van der Waals surface area contributed by atoms with Crippen molar-refractivity contribution in [1.29, 1.82) is 0 Å². The smallest absolute Gasteiger partial charge is 0.336 e. The third-order valence-electron chi connectivity index (χ3n) is 4.67. The van der Waals surface area contributed by atoms with Crippen LogP contribution in [0.4, 0.5) is 0 Å². The first-order valence-corrected chi connectivity index (χ1v) is 8.90. The van der Waals surface area contributed by atoms with Gasteiger partial charge in [0.1, 0.15) is 0 Å². The second kappa shape index (κ2) is 9.45. The Balaban J connectivity index is 2.68. The van der Waals surface area contributed by atoms with Crippen LogP contribution in [0.3, 0.4) is 0 Å². The molecule has 0 unspecified atom stereocenters. The van der Waals surface area contributed by atoms with Gasteiger partial charge in [0, 0.05) is 0 Å². The lowest BCUT2D eigenvalue weighted by molar-refractivity contribution is 0.0651. The molecule has 0 amide bonds. The van der Waals surface area contributed by atoms with Crippen LogP contribution in [0.2, 0.25) is 0 Å². The average Bonchev–Trinajstić information content (AvgIpc) is 2.53. The molecule has 0 aliphatic carbocycles. The summed E-state index contributed by atoms with van der Waals surface area (Å²) in [5.41, 5.74) is 0.437. The topological polar surface area (TPSA) is 74.6 Å². The fourth-order valence-corrected chi connectivity index (χ4v) is 3.00. The zero-order valence-corrected chi connectivity index (χ0v) is 15.1. The van der Waals surface area contributed by atoms with Gasteiger partial charge < -0.3 is 10.2 Å². The van der Waals surface area contributed by atoms with Crippen molar-refractivity contribution >= 4 is 11.9 Å². The van der Waals surface area contributed by atoms with Crippen molar-refractivity contribution in [2.24, 2.45) is 0 Å². The van der Waals surface area contributed by atoms with Gasteiger partial charge in [-0.05, 0) is 29.5 Å². The zero-order chi connectivity index (χ0) is 18.2. The van der Waals surface area contributed by atoms with Gasteiger partial charge in [-0.3, -0.25) is 0 Å². The maximum atomic E-state index is 11.3. The van der Waals surface area contributed by atoms with Crippen LogP contribution < -0.4 is 0 Å². The summed E-state index contributed by atoms with van der Waals surface area (Å²) in [5, 5.41) is 18.4. The minimum absolute atomic E-state index is 0.132. The van der Waals surface area contributed by atoms with Gasteiger partial charge in [-0.1, -0.05) is 71.8 Å². The Hall–Kier alpha value is -1.84. The Labute approximate surface area is 144 Å². The number of carbonyl (C=O) groups is 2. The lowest BCUT2D eigenvalue weighted by atomic mass is 9.79. The summed E-state index contributed by atoms with van der Waals surface area (Å²) in [6.07, 6.45) is 9.64. The predicted octanol–water partition coefficient (Wildman–Crippen LogP) is 5.50. The molecule has 24 heavy (non-hydrogen) atoms. The fourth-order valence-electron chi connectivity index (χ4n) is 3.00. The van der Waals surface area contributed by atoms with Crippen LogP contribution in [0.25, 0.3) is 0 Å². The Morgan fingerprint density at radius 2 is 1.42 bits per heavy atom. The maximum absolute atomic E-state index is 11.3. The molecule has 4 heteroatoms. The van der Waals surface area contributed by atoms with Crippen LogP contribution in [-0.4, -0.2) is 22.2 Å². The van der Waals surface area contributed by atoms with Crippen molar-refractivity contribution in [2.45, 2.75) is 77.6 Å². The normalized spacial score (nSPS) is 11.5. The second-order valence-electron chi connectivity index (χ2n) is 7.13. The van der Waals surface area contributed by atoms with Crippen molar-refractivity contribution in [3.63, 3.8) is 0 Å². The van der Waals surface area contributed by atoms with E-state index in [2.05, 4.69) is 20.8 Å². The van der Waals surface area contributed by atoms with Gasteiger partial charge >= 0.3 is 11.9 Å². The highest BCUT2D eigenvalue weighted by Crippen LogP contribution is 2.31. The number of hydrogen-bond donors (Lipinski definition) is 2. The molecule has 0 radical (unpaired) electrons. The fraction of sp³-hybridized carbons (Fsp3) is 0.600. The summed E-state index contributed by atoms with van der Waals surface area (Å²) in [6.45, 7) is 6.39. The summed E-state index contributed by atoms with van der Waals surface area (Å²) >= 11 is 0. The van der Waals surface area contributed by atoms with Crippen LogP contribution in [0, 0.1) is 0 Å². The van der Waals surface area contributed by atoms with Crippen molar-refractivity contribution in [3.8, 4) is 0 Å². The van der Waals surface area contributed by atoms with Crippen LogP contribution in [0.15, 0.2) is 18.2 Å². The molecule has 0 aliphatic rings. The van der Waals surface area contributed by atoms with Gasteiger partial charge in [-0.2, -0.15) is 0 Å². The summed E-state index contributed by atoms with van der Waals surface area (Å²) in [4.78, 5) is 22.5. The molecule has 0 atom stereocenters. The van der Waals surface area contributed by atoms with E-state index in [1.165, 1.54) is 50.7 Å². The molecule has 0 heterocycles. The maximum Gasteiger partial charge on any atom is 0.336 e. The lowest BCUT2D eigenvalue weighted by Gasteiger charge is -2.26. The molecule has 1 aromatic rings.